The van der Waals surface area contributed by atoms with Crippen molar-refractivity contribution in [3.8, 4) is 0 Å². The highest BCUT2D eigenvalue weighted by atomic mass is 16.6. The van der Waals surface area contributed by atoms with Crippen LogP contribution in [0.15, 0.2) is 24.3 Å². The van der Waals surface area contributed by atoms with E-state index in [4.69, 9.17) is 14.2 Å². The third kappa shape index (κ3) is 58.7. The molecule has 0 fully saturated rings. The van der Waals surface area contributed by atoms with Gasteiger partial charge in [0, 0.05) is 19.3 Å². The Morgan fingerprint density at radius 3 is 0.775 bits per heavy atom. The molecule has 0 rings (SSSR count). The maximum absolute atomic E-state index is 12.9. The number of hydrogen-bond donors (Lipinski definition) is 0. The van der Waals surface area contributed by atoms with Crippen LogP contribution >= 0.6 is 0 Å². The molecule has 71 heavy (non-hydrogen) atoms. The summed E-state index contributed by atoms with van der Waals surface area (Å²) < 4.78 is 17.0. The van der Waals surface area contributed by atoms with E-state index in [-0.39, 0.29) is 31.1 Å². The van der Waals surface area contributed by atoms with Crippen LogP contribution in [0.5, 0.6) is 0 Å². The van der Waals surface area contributed by atoms with E-state index in [2.05, 4.69) is 45.1 Å². The molecule has 0 spiro atoms. The van der Waals surface area contributed by atoms with Crippen molar-refractivity contribution in [2.45, 2.75) is 361 Å². The Labute approximate surface area is 443 Å². The lowest BCUT2D eigenvalue weighted by molar-refractivity contribution is -0.167. The van der Waals surface area contributed by atoms with Crippen LogP contribution in [-0.2, 0) is 28.6 Å². The first kappa shape index (κ1) is 68.9. The van der Waals surface area contributed by atoms with Gasteiger partial charge in [-0.25, -0.2) is 0 Å². The van der Waals surface area contributed by atoms with Crippen molar-refractivity contribution in [1.29, 1.82) is 0 Å². The molecule has 0 aromatic carbocycles. The normalized spacial score (nSPS) is 12.1. The average molecular weight is 1000 g/mol. The van der Waals surface area contributed by atoms with Crippen molar-refractivity contribution in [2.75, 3.05) is 13.2 Å². The molecule has 0 amide bonds. The van der Waals surface area contributed by atoms with Gasteiger partial charge in [0.05, 0.1) is 0 Å². The van der Waals surface area contributed by atoms with E-state index >= 15 is 0 Å². The molecule has 1 unspecified atom stereocenters. The van der Waals surface area contributed by atoms with Crippen molar-refractivity contribution in [2.24, 2.45) is 0 Å². The predicted octanol–water partition coefficient (Wildman–Crippen LogP) is 21.4. The summed E-state index contributed by atoms with van der Waals surface area (Å²) in [5.74, 6) is -0.841. The fourth-order valence-corrected chi connectivity index (χ4v) is 9.67. The smallest absolute Gasteiger partial charge is 0.306 e. The molecule has 0 aliphatic heterocycles. The van der Waals surface area contributed by atoms with E-state index in [0.29, 0.717) is 19.3 Å². The van der Waals surface area contributed by atoms with Crippen LogP contribution in [0.2, 0.25) is 0 Å². The minimum atomic E-state index is -0.768. The summed E-state index contributed by atoms with van der Waals surface area (Å²) >= 11 is 0. The van der Waals surface area contributed by atoms with Crippen molar-refractivity contribution in [1.82, 2.24) is 0 Å². The number of carbonyl (C=O) groups is 3. The average Bonchev–Trinajstić information content (AvgIpc) is 3.37. The Balaban J connectivity index is 4.31. The Morgan fingerprint density at radius 1 is 0.282 bits per heavy atom. The van der Waals surface area contributed by atoms with Gasteiger partial charge >= 0.3 is 17.9 Å². The van der Waals surface area contributed by atoms with Crippen LogP contribution < -0.4 is 0 Å². The third-order valence-electron chi connectivity index (χ3n) is 14.5. The van der Waals surface area contributed by atoms with Gasteiger partial charge in [0.15, 0.2) is 6.10 Å². The van der Waals surface area contributed by atoms with E-state index in [1.807, 2.05) is 0 Å². The molecule has 0 saturated carbocycles. The minimum Gasteiger partial charge on any atom is -0.462 e. The Kier molecular flexibility index (Phi) is 58.6. The van der Waals surface area contributed by atoms with Crippen LogP contribution in [0.3, 0.4) is 0 Å². The standard InChI is InChI=1S/C65H122O6/c1-4-7-10-13-16-19-22-25-28-30-32-34-37-40-43-46-49-52-55-58-64(67)70-61-62(60-69-63(66)57-54-51-48-45-42-39-36-27-24-21-18-15-12-9-6-3)71-65(68)59-56-53-50-47-44-41-38-35-33-31-29-26-23-20-17-14-11-8-5-2/h16,19,22,25,62H,4-15,17-18,20-21,23-24,26-61H2,1-3H3/b19-16-,25-22-. The molecule has 6 nitrogen and oxygen atoms in total. The zero-order chi connectivity index (χ0) is 51.4. The minimum absolute atomic E-state index is 0.0658. The van der Waals surface area contributed by atoms with Crippen LogP contribution in [0.4, 0.5) is 0 Å². The second-order valence-corrected chi connectivity index (χ2v) is 21.7. The summed E-state index contributed by atoms with van der Waals surface area (Å²) in [6.45, 7) is 6.68. The fourth-order valence-electron chi connectivity index (χ4n) is 9.67. The van der Waals surface area contributed by atoms with Crippen LogP contribution in [0, 0.1) is 0 Å². The van der Waals surface area contributed by atoms with Crippen molar-refractivity contribution in [3.63, 3.8) is 0 Å². The van der Waals surface area contributed by atoms with E-state index in [0.717, 1.165) is 57.8 Å². The van der Waals surface area contributed by atoms with Gasteiger partial charge in [-0.05, 0) is 44.9 Å². The third-order valence-corrected chi connectivity index (χ3v) is 14.5. The Morgan fingerprint density at radius 2 is 0.493 bits per heavy atom. The van der Waals surface area contributed by atoms with Gasteiger partial charge in [0.25, 0.3) is 0 Å². The second kappa shape index (κ2) is 60.4. The van der Waals surface area contributed by atoms with Crippen LogP contribution in [0.25, 0.3) is 0 Å². The summed E-state index contributed by atoms with van der Waals surface area (Å²) in [4.78, 5) is 38.3. The zero-order valence-corrected chi connectivity index (χ0v) is 48.0. The molecule has 0 aromatic heterocycles. The number of ether oxygens (including phenoxy) is 3. The lowest BCUT2D eigenvalue weighted by atomic mass is 10.0. The first-order valence-electron chi connectivity index (χ1n) is 31.9. The maximum atomic E-state index is 12.9. The topological polar surface area (TPSA) is 78.9 Å². The summed E-state index contributed by atoms with van der Waals surface area (Å²) in [6, 6.07) is 0. The Hall–Kier alpha value is -2.11. The number of unbranched alkanes of at least 4 members (excludes halogenated alkanes) is 45. The van der Waals surface area contributed by atoms with Gasteiger partial charge in [-0.15, -0.1) is 0 Å². The molecule has 0 aliphatic carbocycles. The van der Waals surface area contributed by atoms with E-state index < -0.39 is 6.10 Å². The van der Waals surface area contributed by atoms with Gasteiger partial charge in [-0.1, -0.05) is 315 Å². The van der Waals surface area contributed by atoms with Crippen molar-refractivity contribution < 1.29 is 28.6 Å². The molecule has 0 aliphatic rings. The van der Waals surface area contributed by atoms with Gasteiger partial charge in [-0.3, -0.25) is 14.4 Å². The summed E-state index contributed by atoms with van der Waals surface area (Å²) in [5.41, 5.74) is 0. The maximum Gasteiger partial charge on any atom is 0.306 e. The molecule has 1 atom stereocenters. The molecule has 0 aromatic rings. The second-order valence-electron chi connectivity index (χ2n) is 21.7. The van der Waals surface area contributed by atoms with Gasteiger partial charge in [-0.2, -0.15) is 0 Å². The van der Waals surface area contributed by atoms with Crippen molar-refractivity contribution in [3.05, 3.63) is 24.3 Å². The molecule has 0 bridgehead atoms. The first-order chi connectivity index (χ1) is 35.0. The summed E-state index contributed by atoms with van der Waals surface area (Å²) in [6.07, 6.45) is 71.7. The molecule has 6 heteroatoms. The SMILES string of the molecule is CCCCC/C=C\C=C/CCCCCCCCCCCCC(=O)OCC(COC(=O)CCCCCCCCCCCCCCCCC)OC(=O)CCCCCCCCCCCCCCCCCCCCC. The number of allylic oxidation sites excluding steroid dienone is 4. The number of rotatable bonds is 59. The molecular formula is C65H122O6. The number of carbonyl (C=O) groups excluding carboxylic acids is 3. The van der Waals surface area contributed by atoms with E-state index in [1.165, 1.54) is 257 Å². The highest BCUT2D eigenvalue weighted by Gasteiger charge is 2.19. The lowest BCUT2D eigenvalue weighted by Gasteiger charge is -2.18. The van der Waals surface area contributed by atoms with Crippen LogP contribution in [-0.4, -0.2) is 37.2 Å². The monoisotopic (exact) mass is 999 g/mol. The summed E-state index contributed by atoms with van der Waals surface area (Å²) in [5, 5.41) is 0. The quantitative estimate of drug-likeness (QED) is 0.0261. The fraction of sp³-hybridized carbons (Fsp3) is 0.892. The predicted molar refractivity (Wildman–Crippen MR) is 307 cm³/mol. The van der Waals surface area contributed by atoms with E-state index in [1.54, 1.807) is 0 Å². The highest BCUT2D eigenvalue weighted by Crippen LogP contribution is 2.18. The van der Waals surface area contributed by atoms with Gasteiger partial charge in [0.1, 0.15) is 13.2 Å². The molecule has 0 N–H and O–H groups in total. The summed E-state index contributed by atoms with van der Waals surface area (Å²) in [7, 11) is 0. The Bertz CT molecular complexity index is 1150. The molecule has 0 radical (unpaired) electrons. The number of esters is 3. The molecule has 0 saturated heterocycles. The van der Waals surface area contributed by atoms with Gasteiger partial charge in [0.2, 0.25) is 0 Å². The van der Waals surface area contributed by atoms with Crippen LogP contribution in [0.1, 0.15) is 355 Å². The first-order valence-corrected chi connectivity index (χ1v) is 31.9. The lowest BCUT2D eigenvalue weighted by Crippen LogP contribution is -2.30. The highest BCUT2D eigenvalue weighted by molar-refractivity contribution is 5.71. The number of hydrogen-bond acceptors (Lipinski definition) is 6. The largest absolute Gasteiger partial charge is 0.462 e. The van der Waals surface area contributed by atoms with Crippen molar-refractivity contribution >= 4 is 17.9 Å². The van der Waals surface area contributed by atoms with E-state index in [9.17, 15) is 14.4 Å². The van der Waals surface area contributed by atoms with Gasteiger partial charge < -0.3 is 14.2 Å². The molecule has 418 valence electrons. The molecule has 0 heterocycles. The molecular weight excluding hydrogens is 877 g/mol. The zero-order valence-electron chi connectivity index (χ0n) is 48.0.